The van der Waals surface area contributed by atoms with E-state index in [0.717, 1.165) is 5.56 Å². The molecule has 2 aromatic carbocycles. The van der Waals surface area contributed by atoms with Crippen molar-refractivity contribution in [1.29, 1.82) is 0 Å². The summed E-state index contributed by atoms with van der Waals surface area (Å²) < 4.78 is 18.5. The van der Waals surface area contributed by atoms with Crippen molar-refractivity contribution < 1.29 is 9.13 Å². The SMILES string of the molecule is CNCc1ccc(Oc2cccc(F)c2)cc1Cl. The smallest absolute Gasteiger partial charge is 0.130 e. The van der Waals surface area contributed by atoms with Gasteiger partial charge in [0, 0.05) is 17.6 Å². The van der Waals surface area contributed by atoms with Gasteiger partial charge >= 0.3 is 0 Å². The molecule has 94 valence electrons. The summed E-state index contributed by atoms with van der Waals surface area (Å²) in [5.74, 6) is 0.711. The third-order valence-electron chi connectivity index (χ3n) is 2.42. The molecule has 2 nitrogen and oxygen atoms in total. The molecule has 0 aliphatic carbocycles. The fourth-order valence-corrected chi connectivity index (χ4v) is 1.83. The Hall–Kier alpha value is -1.58. The van der Waals surface area contributed by atoms with Crippen molar-refractivity contribution in [2.75, 3.05) is 7.05 Å². The standard InChI is InChI=1S/C14H13ClFNO/c1-17-9-10-5-6-13(8-14(10)15)18-12-4-2-3-11(16)7-12/h2-8,17H,9H2,1H3. The second kappa shape index (κ2) is 5.85. The first-order valence-electron chi connectivity index (χ1n) is 5.55. The Morgan fingerprint density at radius 3 is 2.61 bits per heavy atom. The summed E-state index contributed by atoms with van der Waals surface area (Å²) in [6.07, 6.45) is 0. The van der Waals surface area contributed by atoms with Gasteiger partial charge in [-0.3, -0.25) is 0 Å². The van der Waals surface area contributed by atoms with Gasteiger partial charge in [0.2, 0.25) is 0 Å². The van der Waals surface area contributed by atoms with Crippen molar-refractivity contribution in [3.05, 3.63) is 58.9 Å². The van der Waals surface area contributed by atoms with Crippen LogP contribution in [0.25, 0.3) is 0 Å². The molecule has 1 N–H and O–H groups in total. The number of ether oxygens (including phenoxy) is 1. The molecule has 0 aliphatic heterocycles. The van der Waals surface area contributed by atoms with Crippen molar-refractivity contribution in [3.63, 3.8) is 0 Å². The minimum Gasteiger partial charge on any atom is -0.457 e. The first kappa shape index (κ1) is 12.9. The third kappa shape index (κ3) is 3.22. The van der Waals surface area contributed by atoms with E-state index >= 15 is 0 Å². The fourth-order valence-electron chi connectivity index (χ4n) is 1.59. The molecule has 0 aliphatic rings. The predicted octanol–water partition coefficient (Wildman–Crippen LogP) is 3.99. The molecule has 0 fully saturated rings. The summed E-state index contributed by atoms with van der Waals surface area (Å²) in [5.41, 5.74) is 0.991. The van der Waals surface area contributed by atoms with Crippen molar-refractivity contribution >= 4 is 11.6 Å². The lowest BCUT2D eigenvalue weighted by Crippen LogP contribution is -2.05. The van der Waals surface area contributed by atoms with E-state index in [9.17, 15) is 4.39 Å². The first-order chi connectivity index (χ1) is 8.69. The number of rotatable bonds is 4. The van der Waals surface area contributed by atoms with Crippen molar-refractivity contribution in [3.8, 4) is 11.5 Å². The maximum atomic E-state index is 13.0. The molecule has 0 radical (unpaired) electrons. The predicted molar refractivity (Wildman–Crippen MR) is 70.7 cm³/mol. The molecule has 18 heavy (non-hydrogen) atoms. The van der Waals surface area contributed by atoms with Gasteiger partial charge in [0.25, 0.3) is 0 Å². The highest BCUT2D eigenvalue weighted by molar-refractivity contribution is 6.31. The van der Waals surface area contributed by atoms with Crippen molar-refractivity contribution in [2.24, 2.45) is 0 Å². The number of hydrogen-bond donors (Lipinski definition) is 1. The molecule has 0 saturated heterocycles. The zero-order chi connectivity index (χ0) is 13.0. The summed E-state index contributed by atoms with van der Waals surface area (Å²) in [4.78, 5) is 0. The summed E-state index contributed by atoms with van der Waals surface area (Å²) >= 11 is 6.11. The van der Waals surface area contributed by atoms with Gasteiger partial charge in [0.1, 0.15) is 17.3 Å². The summed E-state index contributed by atoms with van der Waals surface area (Å²) in [6.45, 7) is 0.694. The largest absolute Gasteiger partial charge is 0.457 e. The molecule has 0 spiro atoms. The molecule has 0 saturated carbocycles. The fraction of sp³-hybridized carbons (Fsp3) is 0.143. The van der Waals surface area contributed by atoms with Gasteiger partial charge in [-0.2, -0.15) is 0 Å². The van der Waals surface area contributed by atoms with E-state index in [4.69, 9.17) is 16.3 Å². The average Bonchev–Trinajstić information content (AvgIpc) is 2.33. The molecule has 0 bridgehead atoms. The monoisotopic (exact) mass is 265 g/mol. The molecule has 2 aromatic rings. The highest BCUT2D eigenvalue weighted by Crippen LogP contribution is 2.27. The van der Waals surface area contributed by atoms with Gasteiger partial charge in [0.05, 0.1) is 0 Å². The minimum atomic E-state index is -0.328. The Labute approximate surface area is 110 Å². The second-order valence-electron chi connectivity index (χ2n) is 3.84. The van der Waals surface area contributed by atoms with E-state index in [2.05, 4.69) is 5.32 Å². The van der Waals surface area contributed by atoms with Crippen LogP contribution >= 0.6 is 11.6 Å². The van der Waals surface area contributed by atoms with E-state index in [0.29, 0.717) is 23.1 Å². The number of benzene rings is 2. The second-order valence-corrected chi connectivity index (χ2v) is 4.25. The molecule has 4 heteroatoms. The van der Waals surface area contributed by atoms with Crippen LogP contribution in [0, 0.1) is 5.82 Å². The van der Waals surface area contributed by atoms with Gasteiger partial charge < -0.3 is 10.1 Å². The maximum absolute atomic E-state index is 13.0. The van der Waals surface area contributed by atoms with E-state index in [1.54, 1.807) is 18.2 Å². The van der Waals surface area contributed by atoms with E-state index in [1.165, 1.54) is 12.1 Å². The quantitative estimate of drug-likeness (QED) is 0.902. The molecule has 0 amide bonds. The number of nitrogens with one attached hydrogen (secondary N) is 1. The Morgan fingerprint density at radius 2 is 1.94 bits per heavy atom. The lowest BCUT2D eigenvalue weighted by molar-refractivity contribution is 0.476. The third-order valence-corrected chi connectivity index (χ3v) is 2.78. The van der Waals surface area contributed by atoms with Gasteiger partial charge in [-0.25, -0.2) is 4.39 Å². The van der Waals surface area contributed by atoms with Gasteiger partial charge in [-0.15, -0.1) is 0 Å². The molecule has 0 atom stereocenters. The number of halogens is 2. The zero-order valence-corrected chi connectivity index (χ0v) is 10.7. The summed E-state index contributed by atoms with van der Waals surface area (Å²) in [7, 11) is 1.85. The maximum Gasteiger partial charge on any atom is 0.130 e. The highest BCUT2D eigenvalue weighted by atomic mass is 35.5. The Balaban J connectivity index is 2.17. The van der Waals surface area contributed by atoms with Crippen LogP contribution in [0.4, 0.5) is 4.39 Å². The molecule has 0 unspecified atom stereocenters. The van der Waals surface area contributed by atoms with E-state index in [-0.39, 0.29) is 5.82 Å². The minimum absolute atomic E-state index is 0.328. The van der Waals surface area contributed by atoms with Crippen LogP contribution in [0.15, 0.2) is 42.5 Å². The van der Waals surface area contributed by atoms with Crippen LogP contribution < -0.4 is 10.1 Å². The van der Waals surface area contributed by atoms with Crippen LogP contribution in [0.1, 0.15) is 5.56 Å². The van der Waals surface area contributed by atoms with E-state index in [1.807, 2.05) is 19.2 Å². The van der Waals surface area contributed by atoms with E-state index < -0.39 is 0 Å². The van der Waals surface area contributed by atoms with Crippen LogP contribution in [-0.4, -0.2) is 7.05 Å². The van der Waals surface area contributed by atoms with Gasteiger partial charge in [-0.1, -0.05) is 23.7 Å². The molecule has 0 heterocycles. The molecule has 0 aromatic heterocycles. The lowest BCUT2D eigenvalue weighted by Gasteiger charge is -2.08. The van der Waals surface area contributed by atoms with Crippen LogP contribution in [0.2, 0.25) is 5.02 Å². The number of hydrogen-bond acceptors (Lipinski definition) is 2. The zero-order valence-electron chi connectivity index (χ0n) is 9.91. The van der Waals surface area contributed by atoms with Crippen LogP contribution in [-0.2, 0) is 6.54 Å². The Bertz CT molecular complexity index is 545. The first-order valence-corrected chi connectivity index (χ1v) is 5.93. The molecular weight excluding hydrogens is 253 g/mol. The average molecular weight is 266 g/mol. The van der Waals surface area contributed by atoms with Crippen LogP contribution in [0.3, 0.4) is 0 Å². The molecule has 2 rings (SSSR count). The lowest BCUT2D eigenvalue weighted by atomic mass is 10.2. The van der Waals surface area contributed by atoms with Crippen LogP contribution in [0.5, 0.6) is 11.5 Å². The summed E-state index contributed by atoms with van der Waals surface area (Å²) in [6, 6.07) is 11.4. The Morgan fingerprint density at radius 1 is 1.17 bits per heavy atom. The summed E-state index contributed by atoms with van der Waals surface area (Å²) in [5, 5.41) is 3.65. The highest BCUT2D eigenvalue weighted by Gasteiger charge is 2.03. The normalized spacial score (nSPS) is 10.4. The van der Waals surface area contributed by atoms with Gasteiger partial charge in [-0.05, 0) is 36.9 Å². The van der Waals surface area contributed by atoms with Gasteiger partial charge in [0.15, 0.2) is 0 Å². The van der Waals surface area contributed by atoms with Crippen molar-refractivity contribution in [1.82, 2.24) is 5.32 Å². The van der Waals surface area contributed by atoms with Crippen molar-refractivity contribution in [2.45, 2.75) is 6.54 Å². The topological polar surface area (TPSA) is 21.3 Å². The Kier molecular flexibility index (Phi) is 4.18. The molecular formula is C14H13ClFNO.